The quantitative estimate of drug-likeness (QED) is 0.847. The molecule has 0 saturated carbocycles. The number of piperazine rings is 1. The van der Waals surface area contributed by atoms with Gasteiger partial charge in [-0.05, 0) is 12.6 Å². The highest BCUT2D eigenvalue weighted by atomic mass is 16.2. The molecule has 21 heavy (non-hydrogen) atoms. The summed E-state index contributed by atoms with van der Waals surface area (Å²) in [5.41, 5.74) is 0.906. The molecule has 1 saturated heterocycles. The summed E-state index contributed by atoms with van der Waals surface area (Å²) in [4.78, 5) is 28.2. The van der Waals surface area contributed by atoms with Crippen LogP contribution in [0.15, 0.2) is 30.3 Å². The van der Waals surface area contributed by atoms with Crippen molar-refractivity contribution in [2.75, 3.05) is 40.3 Å². The van der Waals surface area contributed by atoms with Gasteiger partial charge in [0.2, 0.25) is 5.91 Å². The average molecular weight is 290 g/mol. The van der Waals surface area contributed by atoms with E-state index >= 15 is 0 Å². The van der Waals surface area contributed by atoms with Crippen molar-refractivity contribution in [2.45, 2.75) is 6.04 Å². The normalized spacial score (nSPS) is 18.0. The third kappa shape index (κ3) is 4.03. The van der Waals surface area contributed by atoms with Gasteiger partial charge in [-0.3, -0.25) is 15.0 Å². The van der Waals surface area contributed by atoms with E-state index < -0.39 is 12.1 Å². The zero-order chi connectivity index (χ0) is 15.2. The summed E-state index contributed by atoms with van der Waals surface area (Å²) in [6.07, 6.45) is 0. The van der Waals surface area contributed by atoms with Crippen LogP contribution in [0.5, 0.6) is 0 Å². The van der Waals surface area contributed by atoms with E-state index in [4.69, 9.17) is 0 Å². The Hall–Kier alpha value is -1.92. The standard InChI is InChI=1S/C15H22N4O2/c1-16-15(21)17-14(20)13(12-6-4-3-5-7-12)19-10-8-18(2)9-11-19/h3-7,13H,8-11H2,1-2H3,(H2,16,17,20,21). The van der Waals surface area contributed by atoms with Crippen LogP contribution in [0.1, 0.15) is 11.6 Å². The lowest BCUT2D eigenvalue weighted by Gasteiger charge is -2.37. The van der Waals surface area contributed by atoms with E-state index in [0.29, 0.717) is 0 Å². The first-order valence-electron chi connectivity index (χ1n) is 7.12. The van der Waals surface area contributed by atoms with E-state index in [2.05, 4.69) is 27.5 Å². The summed E-state index contributed by atoms with van der Waals surface area (Å²) in [7, 11) is 3.56. The molecule has 1 fully saturated rings. The predicted octanol–water partition coefficient (Wildman–Crippen LogP) is 0.431. The maximum absolute atomic E-state index is 12.5. The predicted molar refractivity (Wildman–Crippen MR) is 80.9 cm³/mol. The molecule has 0 bridgehead atoms. The van der Waals surface area contributed by atoms with Crippen LogP contribution < -0.4 is 10.6 Å². The molecule has 1 heterocycles. The summed E-state index contributed by atoms with van der Waals surface area (Å²) in [6.45, 7) is 3.43. The highest BCUT2D eigenvalue weighted by Crippen LogP contribution is 2.22. The molecular formula is C15H22N4O2. The number of urea groups is 1. The molecule has 6 nitrogen and oxygen atoms in total. The minimum atomic E-state index is -0.477. The maximum Gasteiger partial charge on any atom is 0.321 e. The molecule has 114 valence electrons. The number of carbonyl (C=O) groups excluding carboxylic acids is 2. The molecule has 1 aliphatic heterocycles. The van der Waals surface area contributed by atoms with Crippen molar-refractivity contribution in [1.29, 1.82) is 0 Å². The Morgan fingerprint density at radius 2 is 1.71 bits per heavy atom. The lowest BCUT2D eigenvalue weighted by Crippen LogP contribution is -2.51. The zero-order valence-electron chi connectivity index (χ0n) is 12.5. The van der Waals surface area contributed by atoms with E-state index in [0.717, 1.165) is 31.7 Å². The van der Waals surface area contributed by atoms with E-state index in [1.54, 1.807) is 0 Å². The van der Waals surface area contributed by atoms with Crippen LogP contribution in [-0.4, -0.2) is 62.0 Å². The number of likely N-dealkylation sites (N-methyl/N-ethyl adjacent to an activating group) is 1. The van der Waals surface area contributed by atoms with E-state index in [9.17, 15) is 9.59 Å². The first-order chi connectivity index (χ1) is 10.1. The van der Waals surface area contributed by atoms with Crippen molar-refractivity contribution in [1.82, 2.24) is 20.4 Å². The van der Waals surface area contributed by atoms with Crippen LogP contribution in [0.4, 0.5) is 4.79 Å². The highest BCUT2D eigenvalue weighted by Gasteiger charge is 2.30. The van der Waals surface area contributed by atoms with Gasteiger partial charge in [-0.2, -0.15) is 0 Å². The van der Waals surface area contributed by atoms with Crippen molar-refractivity contribution in [3.8, 4) is 0 Å². The number of nitrogens with zero attached hydrogens (tertiary/aromatic N) is 2. The fourth-order valence-corrected chi connectivity index (χ4v) is 2.49. The third-order valence-electron chi connectivity index (χ3n) is 3.73. The number of nitrogens with one attached hydrogen (secondary N) is 2. The molecule has 0 aromatic heterocycles. The van der Waals surface area contributed by atoms with E-state index in [1.807, 2.05) is 30.3 Å². The number of imide groups is 1. The van der Waals surface area contributed by atoms with Crippen molar-refractivity contribution in [2.24, 2.45) is 0 Å². The van der Waals surface area contributed by atoms with Gasteiger partial charge in [0.05, 0.1) is 0 Å². The fourth-order valence-electron chi connectivity index (χ4n) is 2.49. The van der Waals surface area contributed by atoms with Gasteiger partial charge in [0, 0.05) is 33.2 Å². The molecule has 1 aliphatic rings. The summed E-state index contributed by atoms with van der Waals surface area (Å²) in [6, 6.07) is 8.67. The molecule has 6 heteroatoms. The zero-order valence-corrected chi connectivity index (χ0v) is 12.5. The van der Waals surface area contributed by atoms with E-state index in [-0.39, 0.29) is 5.91 Å². The Labute approximate surface area is 125 Å². The van der Waals surface area contributed by atoms with Gasteiger partial charge in [0.1, 0.15) is 6.04 Å². The van der Waals surface area contributed by atoms with Gasteiger partial charge in [-0.1, -0.05) is 30.3 Å². The molecule has 0 spiro atoms. The molecule has 0 aliphatic carbocycles. The van der Waals surface area contributed by atoms with Gasteiger partial charge in [0.15, 0.2) is 0 Å². The molecule has 1 atom stereocenters. The Morgan fingerprint density at radius 3 is 2.29 bits per heavy atom. The highest BCUT2D eigenvalue weighted by molar-refractivity contribution is 5.97. The van der Waals surface area contributed by atoms with Crippen LogP contribution >= 0.6 is 0 Å². The van der Waals surface area contributed by atoms with Gasteiger partial charge >= 0.3 is 6.03 Å². The van der Waals surface area contributed by atoms with Gasteiger partial charge in [-0.15, -0.1) is 0 Å². The largest absolute Gasteiger partial charge is 0.341 e. The number of hydrogen-bond donors (Lipinski definition) is 2. The number of rotatable bonds is 3. The van der Waals surface area contributed by atoms with Crippen LogP contribution in [0.3, 0.4) is 0 Å². The summed E-state index contributed by atoms with van der Waals surface area (Å²) >= 11 is 0. The lowest BCUT2D eigenvalue weighted by atomic mass is 10.0. The summed E-state index contributed by atoms with van der Waals surface area (Å²) < 4.78 is 0. The second-order valence-electron chi connectivity index (χ2n) is 5.22. The second-order valence-corrected chi connectivity index (χ2v) is 5.22. The minimum absolute atomic E-state index is 0.287. The van der Waals surface area contributed by atoms with E-state index in [1.165, 1.54) is 7.05 Å². The monoisotopic (exact) mass is 290 g/mol. The minimum Gasteiger partial charge on any atom is -0.341 e. The summed E-state index contributed by atoms with van der Waals surface area (Å²) in [5.74, 6) is -0.287. The molecular weight excluding hydrogens is 268 g/mol. The molecule has 1 aromatic carbocycles. The van der Waals surface area contributed by atoms with Gasteiger partial charge in [-0.25, -0.2) is 4.79 Å². The van der Waals surface area contributed by atoms with Crippen molar-refractivity contribution in [3.05, 3.63) is 35.9 Å². The summed E-state index contributed by atoms with van der Waals surface area (Å²) in [5, 5.41) is 4.81. The van der Waals surface area contributed by atoms with Crippen LogP contribution in [0.2, 0.25) is 0 Å². The molecule has 1 aromatic rings. The Bertz CT molecular complexity index is 484. The SMILES string of the molecule is CNC(=O)NC(=O)C(c1ccccc1)N1CCN(C)CC1. The van der Waals surface area contributed by atoms with Crippen molar-refractivity contribution >= 4 is 11.9 Å². The van der Waals surface area contributed by atoms with Crippen molar-refractivity contribution in [3.63, 3.8) is 0 Å². The topological polar surface area (TPSA) is 64.7 Å². The van der Waals surface area contributed by atoms with Crippen LogP contribution in [-0.2, 0) is 4.79 Å². The first-order valence-corrected chi connectivity index (χ1v) is 7.12. The van der Waals surface area contributed by atoms with Crippen molar-refractivity contribution < 1.29 is 9.59 Å². The number of carbonyl (C=O) groups is 2. The first kappa shape index (κ1) is 15.5. The Kier molecular flexibility index (Phi) is 5.30. The Balaban J connectivity index is 2.18. The van der Waals surface area contributed by atoms with Gasteiger partial charge < -0.3 is 10.2 Å². The lowest BCUT2D eigenvalue weighted by molar-refractivity contribution is -0.126. The average Bonchev–Trinajstić information content (AvgIpc) is 2.50. The fraction of sp³-hybridized carbons (Fsp3) is 0.467. The smallest absolute Gasteiger partial charge is 0.321 e. The number of benzene rings is 1. The second kappa shape index (κ2) is 7.19. The maximum atomic E-state index is 12.5. The Morgan fingerprint density at radius 1 is 1.10 bits per heavy atom. The van der Waals surface area contributed by atoms with Gasteiger partial charge in [0.25, 0.3) is 0 Å². The molecule has 2 N–H and O–H groups in total. The molecule has 2 rings (SSSR count). The third-order valence-corrected chi connectivity index (χ3v) is 3.73. The number of hydrogen-bond acceptors (Lipinski definition) is 4. The molecule has 0 radical (unpaired) electrons. The van der Waals surface area contributed by atoms with Crippen LogP contribution in [0.25, 0.3) is 0 Å². The number of amides is 3. The van der Waals surface area contributed by atoms with Crippen LogP contribution in [0, 0.1) is 0 Å². The molecule has 3 amide bonds. The molecule has 1 unspecified atom stereocenters.